The summed E-state index contributed by atoms with van der Waals surface area (Å²) < 4.78 is 5.13. The van der Waals surface area contributed by atoms with Gasteiger partial charge in [0.05, 0.1) is 12.2 Å². The van der Waals surface area contributed by atoms with Crippen molar-refractivity contribution in [2.45, 2.75) is 33.1 Å². The van der Waals surface area contributed by atoms with Crippen LogP contribution in [-0.2, 0) is 11.2 Å². The summed E-state index contributed by atoms with van der Waals surface area (Å²) in [5.41, 5.74) is 5.09. The predicted octanol–water partition coefficient (Wildman–Crippen LogP) is 3.43. The van der Waals surface area contributed by atoms with Gasteiger partial charge in [0, 0.05) is 5.56 Å². The number of nitrogens with one attached hydrogen (secondary N) is 1. The Bertz CT molecular complexity index is 681. The highest BCUT2D eigenvalue weighted by molar-refractivity contribution is 6.01. The Morgan fingerprint density at radius 1 is 1.17 bits per heavy atom. The number of aryl methyl sites for hydroxylation is 1. The maximum absolute atomic E-state index is 12.2. The Balaban J connectivity index is 2.56. The van der Waals surface area contributed by atoms with Crippen molar-refractivity contribution < 1.29 is 19.5 Å². The molecule has 0 aromatic carbocycles. The van der Waals surface area contributed by atoms with Crippen LogP contribution in [-0.4, -0.2) is 23.7 Å². The predicted molar refractivity (Wildman–Crippen MR) is 86.9 cm³/mol. The summed E-state index contributed by atoms with van der Waals surface area (Å²) >= 11 is 0. The van der Waals surface area contributed by atoms with E-state index < -0.39 is 5.91 Å². The van der Waals surface area contributed by atoms with Gasteiger partial charge in [-0.25, -0.2) is 10.3 Å². The van der Waals surface area contributed by atoms with E-state index in [0.717, 1.165) is 36.0 Å². The van der Waals surface area contributed by atoms with Gasteiger partial charge in [-0.1, -0.05) is 25.5 Å². The van der Waals surface area contributed by atoms with E-state index in [-0.39, 0.29) is 5.97 Å². The average Bonchev–Trinajstić information content (AvgIpc) is 2.74. The number of carbonyl (C=O) groups is 2. The fourth-order valence-electron chi connectivity index (χ4n) is 2.61. The number of carbonyl (C=O) groups excluding carboxylic acids is 2. The molecule has 0 aromatic heterocycles. The number of fused-ring (bicyclic) bond motifs is 1. The molecule has 0 fully saturated rings. The number of esters is 1. The third kappa shape index (κ3) is 3.68. The van der Waals surface area contributed by atoms with E-state index in [1.807, 2.05) is 6.07 Å². The fraction of sp³-hybridized carbons (Fsp3) is 0.333. The number of hydrogen-bond donors (Lipinski definition) is 2. The molecule has 0 unspecified atom stereocenters. The van der Waals surface area contributed by atoms with E-state index in [9.17, 15) is 9.59 Å². The number of ether oxygens (including phenoxy) is 1. The van der Waals surface area contributed by atoms with Gasteiger partial charge in [-0.15, -0.1) is 0 Å². The molecule has 23 heavy (non-hydrogen) atoms. The molecule has 0 heterocycles. The van der Waals surface area contributed by atoms with Crippen molar-refractivity contribution in [3.63, 3.8) is 0 Å². The van der Waals surface area contributed by atoms with Gasteiger partial charge in [0.1, 0.15) is 0 Å². The molecule has 2 aliphatic rings. The largest absolute Gasteiger partial charge is 0.462 e. The first-order valence-corrected chi connectivity index (χ1v) is 7.79. The molecule has 5 nitrogen and oxygen atoms in total. The van der Waals surface area contributed by atoms with Crippen molar-refractivity contribution >= 4 is 11.9 Å². The third-order valence-corrected chi connectivity index (χ3v) is 3.74. The van der Waals surface area contributed by atoms with Crippen LogP contribution in [0.4, 0.5) is 0 Å². The highest BCUT2D eigenvalue weighted by Gasteiger charge is 2.21. The quantitative estimate of drug-likeness (QED) is 0.486. The van der Waals surface area contributed by atoms with E-state index in [4.69, 9.17) is 9.94 Å². The molecule has 0 bridgehead atoms. The molecule has 0 saturated heterocycles. The fourth-order valence-corrected chi connectivity index (χ4v) is 2.61. The summed E-state index contributed by atoms with van der Waals surface area (Å²) in [6, 6.07) is 8.64. The third-order valence-electron chi connectivity index (χ3n) is 3.74. The lowest BCUT2D eigenvalue weighted by Crippen LogP contribution is -2.18. The minimum atomic E-state index is -0.581. The number of hydrogen-bond acceptors (Lipinski definition) is 4. The van der Waals surface area contributed by atoms with Gasteiger partial charge in [-0.2, -0.15) is 0 Å². The minimum absolute atomic E-state index is 0.312. The van der Waals surface area contributed by atoms with Gasteiger partial charge in [-0.05, 0) is 54.7 Å². The van der Waals surface area contributed by atoms with Crippen molar-refractivity contribution in [3.05, 3.63) is 47.0 Å². The first-order valence-electron chi connectivity index (χ1n) is 7.79. The monoisotopic (exact) mass is 315 g/mol. The Morgan fingerprint density at radius 3 is 2.61 bits per heavy atom. The van der Waals surface area contributed by atoms with E-state index >= 15 is 0 Å². The molecule has 2 rings (SSSR count). The molecule has 0 aliphatic heterocycles. The first-order chi connectivity index (χ1) is 11.1. The van der Waals surface area contributed by atoms with Gasteiger partial charge >= 0.3 is 5.97 Å². The smallest absolute Gasteiger partial charge is 0.338 e. The van der Waals surface area contributed by atoms with Gasteiger partial charge in [-0.3, -0.25) is 10.0 Å². The normalized spacial score (nSPS) is 10.6. The first kappa shape index (κ1) is 17.0. The van der Waals surface area contributed by atoms with Crippen LogP contribution in [0.5, 0.6) is 0 Å². The summed E-state index contributed by atoms with van der Waals surface area (Å²) in [4.78, 5) is 23.9. The highest BCUT2D eigenvalue weighted by atomic mass is 16.5. The zero-order valence-electron chi connectivity index (χ0n) is 13.4. The molecule has 122 valence electrons. The molecule has 2 N–H and O–H groups in total. The molecule has 0 saturated carbocycles. The van der Waals surface area contributed by atoms with Crippen LogP contribution in [0.2, 0.25) is 0 Å². The second-order valence-corrected chi connectivity index (χ2v) is 5.30. The standard InChI is InChI=1S/C18H21NO4/c1-3-5-7-12-10-16(18(21)23-4-2)14-9-6-8-13(11-15(12)14)17(20)19-22/h6,8-11,22H,3-5,7H2,1-2H3,(H,19,20). The highest BCUT2D eigenvalue weighted by Crippen LogP contribution is 2.34. The zero-order valence-corrected chi connectivity index (χ0v) is 13.4. The van der Waals surface area contributed by atoms with Crippen LogP contribution in [0.15, 0.2) is 30.3 Å². The summed E-state index contributed by atoms with van der Waals surface area (Å²) in [6.07, 6.45) is 2.84. The van der Waals surface area contributed by atoms with Crippen molar-refractivity contribution in [2.75, 3.05) is 6.61 Å². The van der Waals surface area contributed by atoms with Crippen molar-refractivity contribution in [1.82, 2.24) is 5.48 Å². The Hall–Kier alpha value is -2.40. The Labute approximate surface area is 135 Å². The van der Waals surface area contributed by atoms with Gasteiger partial charge in [0.25, 0.3) is 5.91 Å². The average molecular weight is 315 g/mol. The molecule has 0 spiro atoms. The molecule has 0 radical (unpaired) electrons. The summed E-state index contributed by atoms with van der Waals surface area (Å²) in [6.45, 7) is 4.18. The number of rotatable bonds is 6. The lowest BCUT2D eigenvalue weighted by atomic mass is 10.0. The second kappa shape index (κ2) is 7.74. The van der Waals surface area contributed by atoms with Crippen LogP contribution in [0.3, 0.4) is 0 Å². The summed E-state index contributed by atoms with van der Waals surface area (Å²) in [5, 5.41) is 8.84. The van der Waals surface area contributed by atoms with Gasteiger partial charge in [0.2, 0.25) is 0 Å². The lowest BCUT2D eigenvalue weighted by Gasteiger charge is -2.03. The topological polar surface area (TPSA) is 75.6 Å². The van der Waals surface area contributed by atoms with E-state index in [2.05, 4.69) is 6.92 Å². The lowest BCUT2D eigenvalue weighted by molar-refractivity contribution is 0.0527. The Morgan fingerprint density at radius 2 is 1.96 bits per heavy atom. The molecule has 0 atom stereocenters. The summed E-state index contributed by atoms with van der Waals surface area (Å²) in [5.74, 6) is -0.942. The van der Waals surface area contributed by atoms with Crippen LogP contribution in [0.1, 0.15) is 53.0 Å². The Kier molecular flexibility index (Phi) is 5.71. The van der Waals surface area contributed by atoms with Crippen LogP contribution < -0.4 is 5.48 Å². The van der Waals surface area contributed by atoms with Crippen molar-refractivity contribution in [2.24, 2.45) is 0 Å². The van der Waals surface area contributed by atoms with E-state index in [1.165, 1.54) is 0 Å². The van der Waals surface area contributed by atoms with Crippen LogP contribution >= 0.6 is 0 Å². The van der Waals surface area contributed by atoms with Crippen molar-refractivity contribution in [3.8, 4) is 11.1 Å². The maximum Gasteiger partial charge on any atom is 0.338 e. The molecular formula is C18H21NO4. The van der Waals surface area contributed by atoms with E-state index in [0.29, 0.717) is 17.7 Å². The molecular weight excluding hydrogens is 294 g/mol. The zero-order chi connectivity index (χ0) is 16.8. The van der Waals surface area contributed by atoms with E-state index in [1.54, 1.807) is 36.7 Å². The van der Waals surface area contributed by atoms with Gasteiger partial charge < -0.3 is 4.74 Å². The van der Waals surface area contributed by atoms with Crippen LogP contribution in [0, 0.1) is 0 Å². The maximum atomic E-state index is 12.2. The molecule has 5 heteroatoms. The molecule has 1 amide bonds. The molecule has 2 aliphatic carbocycles. The van der Waals surface area contributed by atoms with Crippen molar-refractivity contribution in [1.29, 1.82) is 0 Å². The van der Waals surface area contributed by atoms with Gasteiger partial charge in [0.15, 0.2) is 0 Å². The number of amides is 1. The minimum Gasteiger partial charge on any atom is -0.462 e. The second-order valence-electron chi connectivity index (χ2n) is 5.30. The summed E-state index contributed by atoms with van der Waals surface area (Å²) in [7, 11) is 0. The van der Waals surface area contributed by atoms with Crippen LogP contribution in [0.25, 0.3) is 11.1 Å². The molecule has 0 aromatic rings. The number of hydroxylamine groups is 1. The SMILES string of the molecule is CCCCc1cc(C(=O)OCC)c2cccc(C(=O)NO)cc1-2. The number of unbranched alkanes of at least 4 members (excludes halogenated alkanes) is 1.